The number of rotatable bonds is 78. The van der Waals surface area contributed by atoms with Gasteiger partial charge in [-0.25, -0.2) is 0 Å². The van der Waals surface area contributed by atoms with Crippen LogP contribution in [-0.2, 0) is 105 Å². The van der Waals surface area contributed by atoms with E-state index in [1.54, 1.807) is 0 Å². The van der Waals surface area contributed by atoms with Gasteiger partial charge in [0, 0.05) is 153 Å². The summed E-state index contributed by atoms with van der Waals surface area (Å²) in [5.41, 5.74) is 0. The maximum absolute atomic E-state index is 14.8. The van der Waals surface area contributed by atoms with Gasteiger partial charge >= 0.3 is 0 Å². The van der Waals surface area contributed by atoms with Crippen LogP contribution in [0.1, 0.15) is 280 Å². The molecule has 0 saturated heterocycles. The molecule has 0 aliphatic rings. The number of nitrogens with one attached hydrogen (secondary N) is 18. The Morgan fingerprint density at radius 3 is 0.575 bits per heavy atom. The highest BCUT2D eigenvalue weighted by Gasteiger charge is 2.34. The van der Waals surface area contributed by atoms with Crippen LogP contribution < -0.4 is 95.7 Å². The molecule has 0 fully saturated rings. The molecule has 0 aromatic rings. The van der Waals surface area contributed by atoms with E-state index in [-0.39, 0.29) is 58.3 Å². The largest absolute Gasteiger partial charge is 0.355 e. The van der Waals surface area contributed by atoms with Crippen LogP contribution in [0.15, 0.2) is 0 Å². The van der Waals surface area contributed by atoms with Crippen molar-refractivity contribution in [2.45, 2.75) is 292 Å². The minimum atomic E-state index is -1.60. The highest BCUT2D eigenvalue weighted by atomic mass is 16.2. The molecule has 0 spiro atoms. The van der Waals surface area contributed by atoms with Crippen LogP contribution in [-0.4, -0.2) is 246 Å². The second kappa shape index (κ2) is 74.2. The summed E-state index contributed by atoms with van der Waals surface area (Å²) in [6.07, 6.45) is 2.82. The van der Waals surface area contributed by atoms with Gasteiger partial charge in [0.1, 0.15) is 35.2 Å². The Hall–Kier alpha value is -10.9. The smallest absolute Gasteiger partial charge is 0.243 e. The molecule has 18 N–H and O–H groups in total. The van der Waals surface area contributed by atoms with Crippen molar-refractivity contribution in [3.63, 3.8) is 0 Å². The SMILES string of the molecule is CCCCNC(=O)CNC(=O)CCC(CC(=O)CCC(CC(=O)CCCC(=O)CC(CCC(=O)CC(CCC(=O)NCC(=O)NCCCC)C(=O)NCC(=O)NCCCC)C(=O)NC(CCC(=O)NCC(=O)NCCCC)C(=O)NCC(=O)NCCCC)C(=O)NC(CCC(=O)NCC(=O)NCCCC)C(=O)NCC(=O)NCCCC)C(=O)NCC(=O)NCCCC. The number of carbonyl (C=O) groups excluding carboxylic acids is 22. The van der Waals surface area contributed by atoms with Crippen molar-refractivity contribution < 1.29 is 105 Å². The fourth-order valence-corrected chi connectivity index (χ4v) is 12.3. The Kier molecular flexibility index (Phi) is 67.9. The van der Waals surface area contributed by atoms with Crippen LogP contribution in [0.5, 0.6) is 0 Å². The fraction of sp³-hybridized carbons (Fsp3) is 0.747. The molecule has 6 unspecified atom stereocenters. The van der Waals surface area contributed by atoms with E-state index in [0.717, 1.165) is 51.4 Å². The lowest BCUT2D eigenvalue weighted by Crippen LogP contribution is -2.51. The monoisotopic (exact) mass is 1800 g/mol. The van der Waals surface area contributed by atoms with E-state index in [4.69, 9.17) is 0 Å². The van der Waals surface area contributed by atoms with Gasteiger partial charge in [-0.3, -0.25) is 105 Å². The van der Waals surface area contributed by atoms with Crippen molar-refractivity contribution in [2.24, 2.45) is 23.7 Å². The van der Waals surface area contributed by atoms with Crippen LogP contribution in [0.4, 0.5) is 0 Å². The van der Waals surface area contributed by atoms with Gasteiger partial charge in [-0.05, 0) is 96.3 Å². The minimum absolute atomic E-state index is 0.260. The molecule has 127 heavy (non-hydrogen) atoms. The molecule has 0 rings (SSSR count). The van der Waals surface area contributed by atoms with E-state index in [9.17, 15) is 105 Å². The summed E-state index contributed by atoms with van der Waals surface area (Å²) in [5, 5.41) is 46.2. The normalized spacial score (nSPS) is 12.2. The standard InChI is InChI=1S/C87H150N18O22/c1-9-17-40-88-74(114)52-96-70(110)36-30-60(82(122)100-56-78(118)92-44-21-13-5)48-66(108)32-28-62(84(124)104-68(86(126)102-58-80(120)94-46-23-15-7)34-38-72(112)98-54-76(116)90-42-19-11-3)50-64(106)26-25-27-65(107)51-63(85(125)105-69(87(127)103-59-81(121)95-47-24-16-8)35-39-73(113)99-55-77(117)91-43-20-12-4)29-33-67(109)49-61(83(123)101-57-79(119)93-45-22-14-6)31-37-71(111)97-53-75(115)89-41-18-10-2/h60-63,68-69H,9-59H2,1-8H3,(H,88,114)(H,89,115)(H,90,116)(H,91,117)(H,92,118)(H,93,119)(H,94,120)(H,95,121)(H,96,110)(H,97,111)(H,98,112)(H,99,113)(H,100,122)(H,101,123)(H,102,126)(H,103,127)(H,104,124)(H,105,125). The number of hydrogen-bond donors (Lipinski definition) is 18. The molecule has 0 aliphatic heterocycles. The minimum Gasteiger partial charge on any atom is -0.355 e. The van der Waals surface area contributed by atoms with Crippen molar-refractivity contribution in [3.05, 3.63) is 0 Å². The predicted molar refractivity (Wildman–Crippen MR) is 473 cm³/mol. The molecule has 0 aromatic heterocycles. The molecule has 0 heterocycles. The van der Waals surface area contributed by atoms with Gasteiger partial charge in [-0.15, -0.1) is 0 Å². The number of hydrogen-bond acceptors (Lipinski definition) is 22. The van der Waals surface area contributed by atoms with Crippen molar-refractivity contribution in [3.8, 4) is 0 Å². The Bertz CT molecular complexity index is 3250. The van der Waals surface area contributed by atoms with Gasteiger partial charge in [0.25, 0.3) is 0 Å². The highest BCUT2D eigenvalue weighted by Crippen LogP contribution is 2.23. The lowest BCUT2D eigenvalue weighted by Gasteiger charge is -2.23. The second-order valence-electron chi connectivity index (χ2n) is 31.6. The van der Waals surface area contributed by atoms with E-state index in [0.29, 0.717) is 90.6 Å². The molecule has 40 heteroatoms. The van der Waals surface area contributed by atoms with Crippen LogP contribution in [0.3, 0.4) is 0 Å². The van der Waals surface area contributed by atoms with E-state index >= 15 is 0 Å². The summed E-state index contributed by atoms with van der Waals surface area (Å²) < 4.78 is 0. The number of carbonyl (C=O) groups is 22. The first-order chi connectivity index (χ1) is 60.8. The predicted octanol–water partition coefficient (Wildman–Crippen LogP) is 0.369. The average molecular weight is 1800 g/mol. The first kappa shape index (κ1) is 116. The van der Waals surface area contributed by atoms with Gasteiger partial charge in [0.05, 0.1) is 52.4 Å². The van der Waals surface area contributed by atoms with Crippen molar-refractivity contribution in [2.75, 3.05) is 105 Å². The maximum Gasteiger partial charge on any atom is 0.243 e. The summed E-state index contributed by atoms with van der Waals surface area (Å²) in [5.74, 6) is -20.5. The van der Waals surface area contributed by atoms with E-state index in [2.05, 4.69) is 95.7 Å². The molecule has 18 amide bonds. The number of ketones is 4. The van der Waals surface area contributed by atoms with Crippen LogP contribution in [0, 0.1) is 23.7 Å². The molecule has 0 saturated carbocycles. The topological polar surface area (TPSA) is 592 Å². The van der Waals surface area contributed by atoms with Gasteiger partial charge in [0.2, 0.25) is 106 Å². The molecule has 6 atom stereocenters. The summed E-state index contributed by atoms with van der Waals surface area (Å²) in [6.45, 7) is 14.2. The zero-order chi connectivity index (χ0) is 95.0. The Morgan fingerprint density at radius 1 is 0.173 bits per heavy atom. The molecular weight excluding hydrogens is 1650 g/mol. The van der Waals surface area contributed by atoms with Gasteiger partial charge in [-0.2, -0.15) is 0 Å². The third kappa shape index (κ3) is 62.8. The molecule has 0 radical (unpaired) electrons. The molecule has 40 nitrogen and oxygen atoms in total. The van der Waals surface area contributed by atoms with Crippen LogP contribution in [0.25, 0.3) is 0 Å². The summed E-state index contributed by atoms with van der Waals surface area (Å²) >= 11 is 0. The zero-order valence-corrected chi connectivity index (χ0v) is 76.5. The quantitative estimate of drug-likeness (QED) is 0.0366. The first-order valence-corrected chi connectivity index (χ1v) is 45.8. The Morgan fingerprint density at radius 2 is 0.354 bits per heavy atom. The molecule has 0 aromatic carbocycles. The van der Waals surface area contributed by atoms with Crippen molar-refractivity contribution in [1.29, 1.82) is 0 Å². The van der Waals surface area contributed by atoms with Crippen LogP contribution >= 0.6 is 0 Å². The third-order valence-corrected chi connectivity index (χ3v) is 20.2. The lowest BCUT2D eigenvalue weighted by molar-refractivity contribution is -0.135. The number of unbranched alkanes of at least 4 members (excludes halogenated alkanes) is 8. The number of amides is 18. The summed E-state index contributed by atoms with van der Waals surface area (Å²) in [4.78, 5) is 297. The molecule has 0 bridgehead atoms. The number of Topliss-reactive ketones (excluding diaryl/α,β-unsaturated/α-hetero) is 4. The van der Waals surface area contributed by atoms with Gasteiger partial charge in [0.15, 0.2) is 0 Å². The summed E-state index contributed by atoms with van der Waals surface area (Å²) in [7, 11) is 0. The van der Waals surface area contributed by atoms with Crippen molar-refractivity contribution >= 4 is 129 Å². The first-order valence-electron chi connectivity index (χ1n) is 45.8. The van der Waals surface area contributed by atoms with E-state index < -0.39 is 294 Å². The maximum atomic E-state index is 14.8. The Balaban J connectivity index is 7.88. The van der Waals surface area contributed by atoms with Gasteiger partial charge in [-0.1, -0.05) is 107 Å². The highest BCUT2D eigenvalue weighted by molar-refractivity contribution is 5.97. The summed E-state index contributed by atoms with van der Waals surface area (Å²) in [6, 6.07) is -3.20. The van der Waals surface area contributed by atoms with Crippen molar-refractivity contribution in [1.82, 2.24) is 95.7 Å². The zero-order valence-electron chi connectivity index (χ0n) is 76.5. The van der Waals surface area contributed by atoms with Gasteiger partial charge < -0.3 is 95.7 Å². The Labute approximate surface area is 748 Å². The average Bonchev–Trinajstić information content (AvgIpc) is 0.876. The molecule has 720 valence electrons. The second-order valence-corrected chi connectivity index (χ2v) is 31.6. The van der Waals surface area contributed by atoms with E-state index in [1.807, 2.05) is 55.4 Å². The van der Waals surface area contributed by atoms with E-state index in [1.165, 1.54) is 0 Å². The molecule has 0 aliphatic carbocycles. The third-order valence-electron chi connectivity index (χ3n) is 20.2. The molecular formula is C87H150N18O22. The van der Waals surface area contributed by atoms with Crippen LogP contribution in [0.2, 0.25) is 0 Å². The fourth-order valence-electron chi connectivity index (χ4n) is 12.3. The lowest BCUT2D eigenvalue weighted by atomic mass is 9.88.